The van der Waals surface area contributed by atoms with Crippen molar-refractivity contribution in [2.24, 2.45) is 5.92 Å². The molecule has 0 radical (unpaired) electrons. The van der Waals surface area contributed by atoms with Crippen LogP contribution in [0.15, 0.2) is 12.4 Å². The number of anilines is 1. The van der Waals surface area contributed by atoms with Crippen molar-refractivity contribution in [3.63, 3.8) is 0 Å². The molecule has 0 bridgehead atoms. The predicted octanol–water partition coefficient (Wildman–Crippen LogP) is 2.13. The van der Waals surface area contributed by atoms with Gasteiger partial charge in [0, 0.05) is 12.6 Å². The van der Waals surface area contributed by atoms with Crippen molar-refractivity contribution >= 4 is 11.8 Å². The van der Waals surface area contributed by atoms with Crippen molar-refractivity contribution in [1.82, 2.24) is 9.97 Å². The number of hydrogen-bond acceptors (Lipinski definition) is 5. The average Bonchev–Trinajstić information content (AvgIpc) is 2.34. The molecular weight excluding hydrogens is 230 g/mol. The fourth-order valence-electron chi connectivity index (χ4n) is 1.66. The molecule has 18 heavy (non-hydrogen) atoms. The lowest BCUT2D eigenvalue weighted by Crippen LogP contribution is -2.35. The first kappa shape index (κ1) is 14.4. The standard InChI is InChI=1S/C13H21N3O2/c1-9(2)8-16(10(3)4)12-7-14-6-11(15-12)13(17)18-5/h6-7,9-10H,8H2,1-5H3. The summed E-state index contributed by atoms with van der Waals surface area (Å²) in [4.78, 5) is 21.9. The maximum atomic E-state index is 11.4. The second kappa shape index (κ2) is 6.33. The van der Waals surface area contributed by atoms with Gasteiger partial charge >= 0.3 is 5.97 Å². The van der Waals surface area contributed by atoms with Gasteiger partial charge in [0.1, 0.15) is 5.82 Å². The predicted molar refractivity (Wildman–Crippen MR) is 70.7 cm³/mol. The lowest BCUT2D eigenvalue weighted by Gasteiger charge is -2.29. The highest BCUT2D eigenvalue weighted by molar-refractivity contribution is 5.87. The van der Waals surface area contributed by atoms with Crippen LogP contribution in [0, 0.1) is 5.92 Å². The van der Waals surface area contributed by atoms with E-state index in [9.17, 15) is 4.79 Å². The maximum Gasteiger partial charge on any atom is 0.358 e. The molecule has 0 aliphatic heterocycles. The van der Waals surface area contributed by atoms with Crippen LogP contribution in [-0.2, 0) is 4.74 Å². The van der Waals surface area contributed by atoms with Gasteiger partial charge < -0.3 is 9.64 Å². The molecule has 0 aliphatic carbocycles. The zero-order chi connectivity index (χ0) is 13.7. The second-order valence-electron chi connectivity index (χ2n) is 4.89. The van der Waals surface area contributed by atoms with Crippen LogP contribution >= 0.6 is 0 Å². The third kappa shape index (κ3) is 3.68. The van der Waals surface area contributed by atoms with E-state index in [2.05, 4.69) is 47.3 Å². The van der Waals surface area contributed by atoms with E-state index in [-0.39, 0.29) is 5.69 Å². The van der Waals surface area contributed by atoms with Crippen LogP contribution in [0.3, 0.4) is 0 Å². The largest absolute Gasteiger partial charge is 0.464 e. The Labute approximate surface area is 108 Å². The molecule has 1 heterocycles. The quantitative estimate of drug-likeness (QED) is 0.750. The number of nitrogens with zero attached hydrogens (tertiary/aromatic N) is 3. The van der Waals surface area contributed by atoms with Crippen LogP contribution in [0.5, 0.6) is 0 Å². The smallest absolute Gasteiger partial charge is 0.358 e. The topological polar surface area (TPSA) is 55.3 Å². The Morgan fingerprint density at radius 2 is 2.00 bits per heavy atom. The van der Waals surface area contributed by atoms with E-state index in [0.29, 0.717) is 17.8 Å². The summed E-state index contributed by atoms with van der Waals surface area (Å²) in [6.45, 7) is 9.35. The van der Waals surface area contributed by atoms with Gasteiger partial charge in [-0.3, -0.25) is 4.98 Å². The summed E-state index contributed by atoms with van der Waals surface area (Å²) >= 11 is 0. The van der Waals surface area contributed by atoms with Crippen LogP contribution in [-0.4, -0.2) is 35.6 Å². The minimum absolute atomic E-state index is 0.240. The monoisotopic (exact) mass is 251 g/mol. The summed E-state index contributed by atoms with van der Waals surface area (Å²) in [5, 5.41) is 0. The number of ether oxygens (including phenoxy) is 1. The normalized spacial score (nSPS) is 10.8. The Balaban J connectivity index is 3.01. The van der Waals surface area contributed by atoms with Gasteiger partial charge in [-0.15, -0.1) is 0 Å². The van der Waals surface area contributed by atoms with Crippen LogP contribution in [0.1, 0.15) is 38.2 Å². The Kier molecular flexibility index (Phi) is 5.07. The number of aromatic nitrogens is 2. The highest BCUT2D eigenvalue weighted by Gasteiger charge is 2.16. The zero-order valence-corrected chi connectivity index (χ0v) is 11.7. The van der Waals surface area contributed by atoms with Crippen LogP contribution in [0.25, 0.3) is 0 Å². The molecule has 0 saturated carbocycles. The third-order valence-electron chi connectivity index (χ3n) is 2.50. The van der Waals surface area contributed by atoms with Gasteiger partial charge in [-0.1, -0.05) is 13.8 Å². The number of esters is 1. The summed E-state index contributed by atoms with van der Waals surface area (Å²) in [6, 6.07) is 0.301. The molecule has 0 fully saturated rings. The first-order valence-corrected chi connectivity index (χ1v) is 6.12. The molecule has 0 spiro atoms. The SMILES string of the molecule is COC(=O)c1cncc(N(CC(C)C)C(C)C)n1. The van der Waals surface area contributed by atoms with E-state index in [1.165, 1.54) is 13.3 Å². The van der Waals surface area contributed by atoms with Crippen molar-refractivity contribution in [1.29, 1.82) is 0 Å². The minimum Gasteiger partial charge on any atom is -0.464 e. The van der Waals surface area contributed by atoms with E-state index in [1.54, 1.807) is 6.20 Å². The summed E-state index contributed by atoms with van der Waals surface area (Å²) in [5.41, 5.74) is 0.240. The van der Waals surface area contributed by atoms with Gasteiger partial charge in [-0.25, -0.2) is 9.78 Å². The Hall–Kier alpha value is -1.65. The Morgan fingerprint density at radius 1 is 1.33 bits per heavy atom. The fraction of sp³-hybridized carbons (Fsp3) is 0.615. The molecule has 0 aliphatic rings. The highest BCUT2D eigenvalue weighted by Crippen LogP contribution is 2.15. The number of hydrogen-bond donors (Lipinski definition) is 0. The van der Waals surface area contributed by atoms with Crippen molar-refractivity contribution < 1.29 is 9.53 Å². The van der Waals surface area contributed by atoms with Crippen LogP contribution in [0.4, 0.5) is 5.82 Å². The molecule has 1 aromatic rings. The molecule has 1 aromatic heterocycles. The molecule has 0 atom stereocenters. The summed E-state index contributed by atoms with van der Waals surface area (Å²) in [7, 11) is 1.34. The van der Waals surface area contributed by atoms with Crippen molar-refractivity contribution in [2.45, 2.75) is 33.7 Å². The molecule has 0 N–H and O–H groups in total. The Morgan fingerprint density at radius 3 is 2.50 bits per heavy atom. The molecule has 1 rings (SSSR count). The summed E-state index contributed by atoms with van der Waals surface area (Å²) < 4.78 is 4.65. The van der Waals surface area contributed by atoms with Gasteiger partial charge in [0.2, 0.25) is 0 Å². The average molecular weight is 251 g/mol. The maximum absolute atomic E-state index is 11.4. The van der Waals surface area contributed by atoms with Crippen LogP contribution < -0.4 is 4.90 Å². The molecule has 0 saturated heterocycles. The molecular formula is C13H21N3O2. The van der Waals surface area contributed by atoms with Crippen molar-refractivity contribution in [3.8, 4) is 0 Å². The Bertz CT molecular complexity index is 405. The lowest BCUT2D eigenvalue weighted by molar-refractivity contribution is 0.0593. The van der Waals surface area contributed by atoms with E-state index < -0.39 is 5.97 Å². The first-order valence-electron chi connectivity index (χ1n) is 6.12. The third-order valence-corrected chi connectivity index (χ3v) is 2.50. The minimum atomic E-state index is -0.461. The van der Waals surface area contributed by atoms with Crippen molar-refractivity contribution in [3.05, 3.63) is 18.1 Å². The fourth-order valence-corrected chi connectivity index (χ4v) is 1.66. The molecule has 5 nitrogen and oxygen atoms in total. The van der Waals surface area contributed by atoms with Gasteiger partial charge in [-0.2, -0.15) is 0 Å². The van der Waals surface area contributed by atoms with Gasteiger partial charge in [0.05, 0.1) is 19.5 Å². The molecule has 100 valence electrons. The van der Waals surface area contributed by atoms with Crippen LogP contribution in [0.2, 0.25) is 0 Å². The van der Waals surface area contributed by atoms with E-state index in [4.69, 9.17) is 0 Å². The highest BCUT2D eigenvalue weighted by atomic mass is 16.5. The first-order chi connectivity index (χ1) is 8.45. The number of rotatable bonds is 5. The number of carbonyl (C=O) groups excluding carboxylic acids is 1. The van der Waals surface area contributed by atoms with E-state index in [0.717, 1.165) is 6.54 Å². The van der Waals surface area contributed by atoms with E-state index >= 15 is 0 Å². The zero-order valence-electron chi connectivity index (χ0n) is 11.7. The second-order valence-corrected chi connectivity index (χ2v) is 4.89. The number of methoxy groups -OCH3 is 1. The molecule has 0 unspecified atom stereocenters. The molecule has 0 amide bonds. The van der Waals surface area contributed by atoms with Gasteiger partial charge in [0.25, 0.3) is 0 Å². The van der Waals surface area contributed by atoms with Crippen molar-refractivity contribution in [2.75, 3.05) is 18.6 Å². The summed E-state index contributed by atoms with van der Waals surface area (Å²) in [6.07, 6.45) is 3.10. The van der Waals surface area contributed by atoms with E-state index in [1.807, 2.05) is 0 Å². The van der Waals surface area contributed by atoms with Gasteiger partial charge in [0.15, 0.2) is 5.69 Å². The van der Waals surface area contributed by atoms with Gasteiger partial charge in [-0.05, 0) is 19.8 Å². The summed E-state index contributed by atoms with van der Waals surface area (Å²) in [5.74, 6) is 0.759. The molecule has 5 heteroatoms. The molecule has 0 aromatic carbocycles. The lowest BCUT2D eigenvalue weighted by atomic mass is 10.2. The number of carbonyl (C=O) groups is 1.